The van der Waals surface area contributed by atoms with Crippen LogP contribution in [-0.2, 0) is 6.54 Å². The Balaban J connectivity index is 2.21. The van der Waals surface area contributed by atoms with Crippen LogP contribution in [0.5, 0.6) is 17.2 Å². The number of hydrogen-bond acceptors (Lipinski definition) is 7. The van der Waals surface area contributed by atoms with Crippen molar-refractivity contribution in [2.24, 2.45) is 0 Å². The third-order valence-electron chi connectivity index (χ3n) is 3.18. The average Bonchev–Trinajstić information content (AvgIpc) is 2.99. The van der Waals surface area contributed by atoms with Crippen LogP contribution >= 0.6 is 11.3 Å². The Morgan fingerprint density at radius 3 is 2.29 bits per heavy atom. The number of nitrogens with zero attached hydrogens (tertiary/aromatic N) is 2. The molecule has 0 aliphatic carbocycles. The molecule has 1 N–H and O–H groups in total. The topological polar surface area (TPSA) is 72.9 Å². The number of ether oxygens (including phenoxy) is 3. The summed E-state index contributed by atoms with van der Waals surface area (Å²) in [5, 5.41) is 5.26. The number of anilines is 1. The predicted octanol–water partition coefficient (Wildman–Crippen LogP) is 2.48. The molecule has 0 radical (unpaired) electrons. The van der Waals surface area contributed by atoms with E-state index in [1.54, 1.807) is 12.1 Å². The first-order valence-corrected chi connectivity index (χ1v) is 8.07. The maximum atomic E-state index is 12.5. The first-order valence-electron chi connectivity index (χ1n) is 7.19. The van der Waals surface area contributed by atoms with Crippen molar-refractivity contribution in [2.75, 3.05) is 40.7 Å². The van der Waals surface area contributed by atoms with Crippen LogP contribution in [0.3, 0.4) is 0 Å². The molecule has 7 nitrogen and oxygen atoms in total. The van der Waals surface area contributed by atoms with Gasteiger partial charge in [0, 0.05) is 17.5 Å². The second-order valence-corrected chi connectivity index (χ2v) is 6.11. The highest BCUT2D eigenvalue weighted by Gasteiger charge is 2.18. The molecule has 0 atom stereocenters. The molecule has 0 saturated carbocycles. The molecule has 0 bridgehead atoms. The minimum absolute atomic E-state index is 0.292. The molecule has 8 heteroatoms. The fourth-order valence-corrected chi connectivity index (χ4v) is 2.84. The smallest absolute Gasteiger partial charge is 0.257 e. The van der Waals surface area contributed by atoms with Gasteiger partial charge in [0.1, 0.15) is 0 Å². The Labute approximate surface area is 145 Å². The summed E-state index contributed by atoms with van der Waals surface area (Å²) in [4.78, 5) is 18.9. The van der Waals surface area contributed by atoms with E-state index >= 15 is 0 Å². The number of hydrogen-bond donors (Lipinski definition) is 1. The van der Waals surface area contributed by atoms with E-state index in [9.17, 15) is 4.79 Å². The molecule has 0 spiro atoms. The largest absolute Gasteiger partial charge is 0.493 e. The lowest BCUT2D eigenvalue weighted by molar-refractivity contribution is 0.102. The molecule has 130 valence electrons. The van der Waals surface area contributed by atoms with E-state index in [2.05, 4.69) is 10.3 Å². The van der Waals surface area contributed by atoms with Crippen LogP contribution in [0.1, 0.15) is 16.1 Å². The van der Waals surface area contributed by atoms with E-state index in [1.165, 1.54) is 32.7 Å². The normalized spacial score (nSPS) is 10.6. The summed E-state index contributed by atoms with van der Waals surface area (Å²) in [5.41, 5.74) is 1.30. The van der Waals surface area contributed by atoms with Crippen molar-refractivity contribution >= 4 is 22.4 Å². The number of thiazole rings is 1. The summed E-state index contributed by atoms with van der Waals surface area (Å²) in [5.74, 6) is 1.00. The number of benzene rings is 1. The summed E-state index contributed by atoms with van der Waals surface area (Å²) >= 11 is 1.39. The molecular formula is C16H21N3O4S. The van der Waals surface area contributed by atoms with Crippen LogP contribution in [0, 0.1) is 0 Å². The summed E-state index contributed by atoms with van der Waals surface area (Å²) in [6.45, 7) is 0.719. The van der Waals surface area contributed by atoms with Crippen molar-refractivity contribution in [1.29, 1.82) is 0 Å². The van der Waals surface area contributed by atoms with Crippen molar-refractivity contribution in [2.45, 2.75) is 6.54 Å². The van der Waals surface area contributed by atoms with E-state index in [0.717, 1.165) is 12.2 Å². The summed E-state index contributed by atoms with van der Waals surface area (Å²) < 4.78 is 15.8. The number of aromatic nitrogens is 1. The van der Waals surface area contributed by atoms with E-state index in [1.807, 2.05) is 24.4 Å². The zero-order valence-electron chi connectivity index (χ0n) is 14.4. The minimum atomic E-state index is -0.292. The van der Waals surface area contributed by atoms with Crippen LogP contribution in [-0.4, -0.2) is 51.2 Å². The Morgan fingerprint density at radius 2 is 1.79 bits per heavy atom. The van der Waals surface area contributed by atoms with E-state index in [4.69, 9.17) is 14.2 Å². The SMILES string of the molecule is COc1cc(C(=O)Nc2nc(CN(C)C)cs2)cc(OC)c1OC. The molecule has 1 amide bonds. The highest BCUT2D eigenvalue weighted by atomic mass is 32.1. The molecule has 2 aromatic rings. The monoisotopic (exact) mass is 351 g/mol. The van der Waals surface area contributed by atoms with E-state index in [0.29, 0.717) is 27.9 Å². The Kier molecular flexibility index (Phi) is 5.99. The van der Waals surface area contributed by atoms with Crippen LogP contribution < -0.4 is 19.5 Å². The summed E-state index contributed by atoms with van der Waals surface area (Å²) in [6, 6.07) is 3.20. The highest BCUT2D eigenvalue weighted by molar-refractivity contribution is 7.13. The van der Waals surface area contributed by atoms with Gasteiger partial charge in [-0.05, 0) is 26.2 Å². The molecule has 0 fully saturated rings. The lowest BCUT2D eigenvalue weighted by Crippen LogP contribution is -2.13. The van der Waals surface area contributed by atoms with Crippen molar-refractivity contribution in [3.05, 3.63) is 28.8 Å². The third kappa shape index (κ3) is 4.15. The second-order valence-electron chi connectivity index (χ2n) is 5.25. The summed E-state index contributed by atoms with van der Waals surface area (Å²) in [6.07, 6.45) is 0. The quantitative estimate of drug-likeness (QED) is 0.826. The van der Waals surface area contributed by atoms with Gasteiger partial charge in [0.25, 0.3) is 5.91 Å². The van der Waals surface area contributed by atoms with Crippen molar-refractivity contribution < 1.29 is 19.0 Å². The molecule has 0 aliphatic heterocycles. The first-order chi connectivity index (χ1) is 11.5. The molecule has 0 saturated heterocycles. The standard InChI is InChI=1S/C16H21N3O4S/c1-19(2)8-11-9-24-16(17-11)18-15(20)10-6-12(21-3)14(23-5)13(7-10)22-4/h6-7,9H,8H2,1-5H3,(H,17,18,20). The average molecular weight is 351 g/mol. The van der Waals surface area contributed by atoms with Gasteiger partial charge in [0.15, 0.2) is 16.6 Å². The number of nitrogens with one attached hydrogen (secondary N) is 1. The van der Waals surface area contributed by atoms with Gasteiger partial charge < -0.3 is 19.1 Å². The zero-order chi connectivity index (χ0) is 17.7. The van der Waals surface area contributed by atoms with Gasteiger partial charge in [0.2, 0.25) is 5.75 Å². The number of amides is 1. The van der Waals surface area contributed by atoms with Gasteiger partial charge in [-0.15, -0.1) is 11.3 Å². The van der Waals surface area contributed by atoms with Gasteiger partial charge in [-0.2, -0.15) is 0 Å². The maximum absolute atomic E-state index is 12.5. The lowest BCUT2D eigenvalue weighted by Gasteiger charge is -2.13. The Bertz CT molecular complexity index is 690. The van der Waals surface area contributed by atoms with Gasteiger partial charge >= 0.3 is 0 Å². The van der Waals surface area contributed by atoms with Crippen molar-refractivity contribution in [3.63, 3.8) is 0 Å². The third-order valence-corrected chi connectivity index (χ3v) is 3.98. The highest BCUT2D eigenvalue weighted by Crippen LogP contribution is 2.38. The number of carbonyl (C=O) groups excluding carboxylic acids is 1. The predicted molar refractivity (Wildman–Crippen MR) is 93.6 cm³/mol. The summed E-state index contributed by atoms with van der Waals surface area (Å²) in [7, 11) is 8.46. The fourth-order valence-electron chi connectivity index (χ4n) is 2.14. The molecule has 24 heavy (non-hydrogen) atoms. The second kappa shape index (κ2) is 7.98. The molecule has 2 rings (SSSR count). The first kappa shape index (κ1) is 18.0. The van der Waals surface area contributed by atoms with Gasteiger partial charge in [-0.25, -0.2) is 4.98 Å². The zero-order valence-corrected chi connectivity index (χ0v) is 15.2. The Morgan fingerprint density at radius 1 is 1.17 bits per heavy atom. The van der Waals surface area contributed by atoms with Gasteiger partial charge in [0.05, 0.1) is 27.0 Å². The van der Waals surface area contributed by atoms with Crippen molar-refractivity contribution in [1.82, 2.24) is 9.88 Å². The Hall–Kier alpha value is -2.32. The number of methoxy groups -OCH3 is 3. The molecular weight excluding hydrogens is 330 g/mol. The van der Waals surface area contributed by atoms with Gasteiger partial charge in [-0.3, -0.25) is 10.1 Å². The molecule has 1 aromatic carbocycles. The number of carbonyl (C=O) groups is 1. The van der Waals surface area contributed by atoms with Crippen LogP contribution in [0.25, 0.3) is 0 Å². The van der Waals surface area contributed by atoms with Crippen molar-refractivity contribution in [3.8, 4) is 17.2 Å². The minimum Gasteiger partial charge on any atom is -0.493 e. The molecule has 1 heterocycles. The lowest BCUT2D eigenvalue weighted by atomic mass is 10.1. The molecule has 0 unspecified atom stereocenters. The number of rotatable bonds is 7. The van der Waals surface area contributed by atoms with Crippen LogP contribution in [0.4, 0.5) is 5.13 Å². The van der Waals surface area contributed by atoms with E-state index < -0.39 is 0 Å². The van der Waals surface area contributed by atoms with E-state index in [-0.39, 0.29) is 5.91 Å². The molecule has 0 aliphatic rings. The fraction of sp³-hybridized carbons (Fsp3) is 0.375. The molecule has 1 aromatic heterocycles. The van der Waals surface area contributed by atoms with Crippen LogP contribution in [0.15, 0.2) is 17.5 Å². The maximum Gasteiger partial charge on any atom is 0.257 e. The van der Waals surface area contributed by atoms with Crippen LogP contribution in [0.2, 0.25) is 0 Å². The van der Waals surface area contributed by atoms with Gasteiger partial charge in [-0.1, -0.05) is 0 Å².